The van der Waals surface area contributed by atoms with Gasteiger partial charge in [-0.25, -0.2) is 9.59 Å². The van der Waals surface area contributed by atoms with Crippen LogP contribution in [0.1, 0.15) is 44.9 Å². The number of carbonyl (C=O) groups is 3. The smallest absolute Gasteiger partial charge is 0.434 e. The number of ether oxygens (including phenoxy) is 5. The summed E-state index contributed by atoms with van der Waals surface area (Å²) in [6, 6.07) is 22.5. The van der Waals surface area contributed by atoms with Gasteiger partial charge in [-0.05, 0) is 55.5 Å². The largest absolute Gasteiger partial charge is 0.483 e. The number of carbonyl (C=O) groups excluding carboxylic acids is 3. The second-order valence-corrected chi connectivity index (χ2v) is 13.4. The first kappa shape index (κ1) is 41.0. The molecule has 1 N–H and O–H groups in total. The molecule has 54 heavy (non-hydrogen) atoms. The van der Waals surface area contributed by atoms with Gasteiger partial charge < -0.3 is 29.0 Å². The van der Waals surface area contributed by atoms with Crippen LogP contribution >= 0.6 is 0 Å². The van der Waals surface area contributed by atoms with E-state index in [2.05, 4.69) is 10.1 Å². The molecule has 10 nitrogen and oxygen atoms in total. The Balaban J connectivity index is 0.000000336. The van der Waals surface area contributed by atoms with Crippen molar-refractivity contribution in [1.29, 1.82) is 5.26 Å². The summed E-state index contributed by atoms with van der Waals surface area (Å²) in [5, 5.41) is 12.0. The molecule has 0 spiro atoms. The lowest BCUT2D eigenvalue weighted by Gasteiger charge is -2.22. The minimum absolute atomic E-state index is 0.232. The van der Waals surface area contributed by atoms with Crippen LogP contribution in [0.3, 0.4) is 0 Å². The van der Waals surface area contributed by atoms with E-state index in [0.717, 1.165) is 18.1 Å². The summed E-state index contributed by atoms with van der Waals surface area (Å²) in [6.45, 7) is 7.19. The lowest BCUT2D eigenvalue weighted by Crippen LogP contribution is -2.45. The Labute approximate surface area is 306 Å². The van der Waals surface area contributed by atoms with Crippen molar-refractivity contribution in [3.63, 3.8) is 0 Å². The monoisotopic (exact) mass is 762 g/mol. The van der Waals surface area contributed by atoms with Gasteiger partial charge in [0.15, 0.2) is 11.5 Å². The van der Waals surface area contributed by atoms with Gasteiger partial charge in [0.2, 0.25) is 6.10 Å². The van der Waals surface area contributed by atoms with Crippen LogP contribution in [0.15, 0.2) is 84.9 Å². The maximum absolute atomic E-state index is 12.8. The van der Waals surface area contributed by atoms with E-state index < -0.39 is 59.8 Å². The van der Waals surface area contributed by atoms with Gasteiger partial charge in [-0.15, -0.1) is 0 Å². The maximum atomic E-state index is 12.8. The van der Waals surface area contributed by atoms with E-state index in [9.17, 15) is 46.0 Å². The maximum Gasteiger partial charge on any atom is 0.434 e. The van der Waals surface area contributed by atoms with Crippen molar-refractivity contribution in [3.05, 3.63) is 96.1 Å². The fourth-order valence-corrected chi connectivity index (χ4v) is 5.69. The van der Waals surface area contributed by atoms with Crippen LogP contribution in [-0.2, 0) is 25.5 Å². The lowest BCUT2D eigenvalue weighted by molar-refractivity contribution is -0.312. The van der Waals surface area contributed by atoms with E-state index >= 15 is 0 Å². The van der Waals surface area contributed by atoms with E-state index in [4.69, 9.17) is 18.9 Å². The summed E-state index contributed by atoms with van der Waals surface area (Å²) >= 11 is 0. The molecule has 288 valence electrons. The molecule has 3 aromatic carbocycles. The van der Waals surface area contributed by atoms with Crippen LogP contribution < -0.4 is 19.5 Å². The molecule has 0 saturated heterocycles. The first-order valence-corrected chi connectivity index (χ1v) is 16.3. The summed E-state index contributed by atoms with van der Waals surface area (Å²) in [4.78, 5) is 35.6. The van der Waals surface area contributed by atoms with Gasteiger partial charge >= 0.3 is 30.4 Å². The van der Waals surface area contributed by atoms with Crippen LogP contribution in [0.5, 0.6) is 23.0 Å². The van der Waals surface area contributed by atoms with Crippen molar-refractivity contribution < 1.29 is 64.4 Å². The number of rotatable bonds is 9. The van der Waals surface area contributed by atoms with Crippen LogP contribution in [0, 0.1) is 28.6 Å². The van der Waals surface area contributed by atoms with E-state index in [-0.39, 0.29) is 5.60 Å². The first-order chi connectivity index (χ1) is 25.2. The highest BCUT2D eigenvalue weighted by atomic mass is 19.4. The van der Waals surface area contributed by atoms with Crippen molar-refractivity contribution in [2.75, 3.05) is 7.05 Å². The molecular formula is C38H36F6N2O8. The van der Waals surface area contributed by atoms with Crippen LogP contribution in [0.4, 0.5) is 31.1 Å². The van der Waals surface area contributed by atoms with Crippen LogP contribution in [0.2, 0.25) is 0 Å². The number of nitrogens with zero attached hydrogens (tertiary/aromatic N) is 1. The highest BCUT2D eigenvalue weighted by molar-refractivity contribution is 5.83. The normalized spacial score (nSPS) is 18.5. The number of fused-ring (bicyclic) bond motifs is 1. The van der Waals surface area contributed by atoms with Gasteiger partial charge in [0, 0.05) is 30.7 Å². The fourth-order valence-electron chi connectivity index (χ4n) is 5.69. The highest BCUT2D eigenvalue weighted by Crippen LogP contribution is 2.60. The summed E-state index contributed by atoms with van der Waals surface area (Å²) in [5.41, 5.74) is 0.310. The van der Waals surface area contributed by atoms with Crippen molar-refractivity contribution in [2.24, 2.45) is 17.3 Å². The second-order valence-electron chi connectivity index (χ2n) is 13.4. The SMILES string of the molecule is CC1(C)C(/C=C\C(=O)OC(C(F)(F)F)C(F)(F)F)C1C(=O)OC(C#N)c1cccc(Oc2ccccc2)c1.CNC(=O)Oc1cccc2c1OC(C)(C)C2. The van der Waals surface area contributed by atoms with Crippen LogP contribution in [0.25, 0.3) is 0 Å². The highest BCUT2D eigenvalue weighted by Gasteiger charge is 2.62. The molecule has 1 amide bonds. The molecular weight excluding hydrogens is 726 g/mol. The zero-order chi connectivity index (χ0) is 40.1. The number of para-hydroxylation sites is 2. The molecule has 5 rings (SSSR count). The molecule has 3 atom stereocenters. The molecule has 1 aliphatic heterocycles. The Morgan fingerprint density at radius 3 is 2.15 bits per heavy atom. The number of benzene rings is 3. The number of alkyl halides is 6. The zero-order valence-corrected chi connectivity index (χ0v) is 29.6. The minimum Gasteiger partial charge on any atom is -0.483 e. The third-order valence-electron chi connectivity index (χ3n) is 8.39. The van der Waals surface area contributed by atoms with Crippen LogP contribution in [-0.4, -0.2) is 49.1 Å². The predicted octanol–water partition coefficient (Wildman–Crippen LogP) is 8.57. The summed E-state index contributed by atoms with van der Waals surface area (Å²) < 4.78 is 101. The van der Waals surface area contributed by atoms with E-state index in [1.807, 2.05) is 32.0 Å². The zero-order valence-electron chi connectivity index (χ0n) is 29.6. The Morgan fingerprint density at radius 2 is 1.54 bits per heavy atom. The number of halogens is 6. The molecule has 2 aliphatic rings. The summed E-state index contributed by atoms with van der Waals surface area (Å²) in [6.07, 6.45) is -15.5. The second kappa shape index (κ2) is 16.1. The topological polar surface area (TPSA) is 133 Å². The van der Waals surface area contributed by atoms with Crippen molar-refractivity contribution in [3.8, 4) is 29.1 Å². The third kappa shape index (κ3) is 10.5. The van der Waals surface area contributed by atoms with E-state index in [1.54, 1.807) is 68.4 Å². The Morgan fingerprint density at radius 1 is 0.907 bits per heavy atom. The number of nitriles is 1. The number of allylic oxidation sites excluding steroid dienone is 1. The number of amides is 1. The van der Waals surface area contributed by atoms with Gasteiger partial charge in [-0.1, -0.05) is 62.4 Å². The van der Waals surface area contributed by atoms with Gasteiger partial charge in [-0.3, -0.25) is 4.79 Å². The molecule has 0 bridgehead atoms. The number of hydrogen-bond acceptors (Lipinski definition) is 9. The Hall–Kier alpha value is -5.72. The first-order valence-electron chi connectivity index (χ1n) is 16.3. The molecule has 1 saturated carbocycles. The lowest BCUT2D eigenvalue weighted by atomic mass is 10.0. The molecule has 3 unspecified atom stereocenters. The van der Waals surface area contributed by atoms with Gasteiger partial charge in [-0.2, -0.15) is 31.6 Å². The fraction of sp³-hybridized carbons (Fsp3) is 0.368. The average molecular weight is 763 g/mol. The van der Waals surface area contributed by atoms with Gasteiger partial charge in [0.1, 0.15) is 23.2 Å². The Bertz CT molecular complexity index is 1890. The third-order valence-corrected chi connectivity index (χ3v) is 8.39. The van der Waals surface area contributed by atoms with Crippen molar-refractivity contribution in [1.82, 2.24) is 5.32 Å². The minimum atomic E-state index is -5.84. The van der Waals surface area contributed by atoms with Gasteiger partial charge in [0.05, 0.1) is 5.92 Å². The number of esters is 2. The van der Waals surface area contributed by atoms with E-state index in [1.165, 1.54) is 13.1 Å². The summed E-state index contributed by atoms with van der Waals surface area (Å²) in [7, 11) is 1.52. The molecule has 1 aliphatic carbocycles. The molecule has 1 fully saturated rings. The molecule has 16 heteroatoms. The standard InChI is InChI=1S/C26H21F6NO5.C12H15NO3/c1-24(2)18(11-12-20(34)38-23(25(27,28)29)26(30,31)32)21(24)22(35)37-19(14-33)15-7-6-10-17(13-15)36-16-8-4-3-5-9-16;1-12(2)7-8-5-4-6-9(10(8)16-12)15-11(14)13-3/h3-13,18-19,21,23H,1-2H3;4-6H,7H2,1-3H3,(H,13,14)/b12-11-;. The molecule has 3 aromatic rings. The average Bonchev–Trinajstić information content (AvgIpc) is 3.48. The predicted molar refractivity (Wildman–Crippen MR) is 179 cm³/mol. The van der Waals surface area contributed by atoms with E-state index in [0.29, 0.717) is 34.6 Å². The summed E-state index contributed by atoms with van der Waals surface area (Å²) in [5.74, 6) is -2.30. The molecule has 0 radical (unpaired) electrons. The number of hydrogen-bond donors (Lipinski definition) is 1. The van der Waals surface area contributed by atoms with Crippen molar-refractivity contribution in [2.45, 2.75) is 64.3 Å². The Kier molecular flexibility index (Phi) is 12.2. The number of nitrogens with one attached hydrogen (secondary N) is 1. The molecule has 1 heterocycles. The molecule has 0 aromatic heterocycles. The van der Waals surface area contributed by atoms with Gasteiger partial charge in [0.25, 0.3) is 6.10 Å². The quantitative estimate of drug-likeness (QED) is 0.129. The van der Waals surface area contributed by atoms with Crippen molar-refractivity contribution >= 4 is 18.0 Å².